The first-order valence-corrected chi connectivity index (χ1v) is 14.1. The second-order valence-corrected chi connectivity index (χ2v) is 10.7. The molecule has 1 heterocycles. The number of H-pyrrole nitrogens is 1. The van der Waals surface area contributed by atoms with E-state index >= 15 is 0 Å². The predicted octanol–water partition coefficient (Wildman–Crippen LogP) is 2.33. The Morgan fingerprint density at radius 3 is 2.23 bits per heavy atom. The van der Waals surface area contributed by atoms with Gasteiger partial charge in [0.25, 0.3) is 5.56 Å². The fourth-order valence-corrected chi connectivity index (χ4v) is 4.81. The summed E-state index contributed by atoms with van der Waals surface area (Å²) in [6, 6.07) is 12.0. The maximum Gasteiger partial charge on any atom is 0.329 e. The summed E-state index contributed by atoms with van der Waals surface area (Å²) in [6.07, 6.45) is 2.33. The average Bonchev–Trinajstić information content (AvgIpc) is 2.90. The molecule has 1 aromatic heterocycles. The molecule has 208 valence electrons. The van der Waals surface area contributed by atoms with Gasteiger partial charge in [-0.25, -0.2) is 14.2 Å². The van der Waals surface area contributed by atoms with E-state index in [0.717, 1.165) is 4.57 Å². The van der Waals surface area contributed by atoms with Crippen LogP contribution in [0, 0.1) is 5.92 Å². The van der Waals surface area contributed by atoms with Gasteiger partial charge < -0.3 is 20.7 Å². The summed E-state index contributed by atoms with van der Waals surface area (Å²) in [4.78, 5) is 67.8. The number of carboxylic acid groups (broad SMARTS) is 1. The number of carbonyl (C=O) groups excluding carboxylic acids is 2. The van der Waals surface area contributed by atoms with Gasteiger partial charge in [0, 0.05) is 6.42 Å². The van der Waals surface area contributed by atoms with Gasteiger partial charge in [-0.05, 0) is 48.5 Å². The number of carbonyl (C=O) groups is 3. The predicted molar refractivity (Wildman–Crippen MR) is 152 cm³/mol. The van der Waals surface area contributed by atoms with Crippen molar-refractivity contribution in [2.24, 2.45) is 5.92 Å². The second-order valence-electron chi connectivity index (χ2n) is 9.73. The number of carboxylic acids is 1. The number of aromatic amines is 1. The molecular weight excluding hydrogens is 520 g/mol. The molecule has 0 aliphatic carbocycles. The number of nitrogens with zero attached hydrogens (tertiary/aromatic N) is 1. The third-order valence-electron chi connectivity index (χ3n) is 6.29. The highest BCUT2D eigenvalue weighted by Gasteiger charge is 2.31. The van der Waals surface area contributed by atoms with E-state index < -0.39 is 47.2 Å². The third kappa shape index (κ3) is 7.82. The molecular formula is C28H34N4O6S. The summed E-state index contributed by atoms with van der Waals surface area (Å²) in [7, 11) is 0. The van der Waals surface area contributed by atoms with E-state index in [1.165, 1.54) is 11.8 Å². The zero-order valence-corrected chi connectivity index (χ0v) is 23.0. The van der Waals surface area contributed by atoms with E-state index in [-0.39, 0.29) is 30.6 Å². The number of hydrogen-bond acceptors (Lipinski definition) is 6. The van der Waals surface area contributed by atoms with Crippen LogP contribution in [0.15, 0.2) is 64.2 Å². The Morgan fingerprint density at radius 2 is 1.59 bits per heavy atom. The van der Waals surface area contributed by atoms with Crippen molar-refractivity contribution in [3.63, 3.8) is 0 Å². The van der Waals surface area contributed by atoms with Crippen LogP contribution in [-0.4, -0.2) is 56.5 Å². The standard InChI is InChI=1S/C28H34N4O6S/c1-17(2)15-22(27(36)37)30-24(33)21(13-14-39-3)29-25(34)23(16-18-9-5-4-6-10-18)32-26(35)19-11-7-8-12-20(19)31-28(32)38/h4-12,17,21-23H,13-16H2,1-3H3,(H,29,34)(H,30,33)(H,31,38)(H,36,37)/t21-,22-,23-/m0/s1. The van der Waals surface area contributed by atoms with Crippen molar-refractivity contribution < 1.29 is 19.5 Å². The fraction of sp³-hybridized carbons (Fsp3) is 0.393. The Hall–Kier alpha value is -3.86. The molecule has 2 aromatic carbocycles. The van der Waals surface area contributed by atoms with Crippen LogP contribution in [0.5, 0.6) is 0 Å². The second kappa shape index (κ2) is 13.8. The topological polar surface area (TPSA) is 150 Å². The van der Waals surface area contributed by atoms with Crippen molar-refractivity contribution in [2.75, 3.05) is 12.0 Å². The SMILES string of the molecule is CSCC[C@H](NC(=O)[C@H](Cc1ccccc1)n1c(=O)[nH]c2ccccc2c1=O)C(=O)N[C@@H](CC(C)C)C(=O)O. The Kier molecular flexibility index (Phi) is 10.5. The number of benzene rings is 2. The number of thioether (sulfide) groups is 1. The Morgan fingerprint density at radius 1 is 0.949 bits per heavy atom. The summed E-state index contributed by atoms with van der Waals surface area (Å²) in [5.41, 5.74) is -0.309. The number of rotatable bonds is 13. The molecule has 3 rings (SSSR count). The van der Waals surface area contributed by atoms with Crippen molar-refractivity contribution >= 4 is 40.4 Å². The molecule has 4 N–H and O–H groups in total. The smallest absolute Gasteiger partial charge is 0.329 e. The maximum absolute atomic E-state index is 13.7. The van der Waals surface area contributed by atoms with Gasteiger partial charge in [0.05, 0.1) is 10.9 Å². The number of fused-ring (bicyclic) bond motifs is 1. The molecule has 0 bridgehead atoms. The van der Waals surface area contributed by atoms with Crippen LogP contribution in [0.2, 0.25) is 0 Å². The summed E-state index contributed by atoms with van der Waals surface area (Å²) in [6.45, 7) is 3.70. The normalized spacial score (nSPS) is 13.5. The first-order chi connectivity index (χ1) is 18.6. The molecule has 0 fully saturated rings. The minimum absolute atomic E-state index is 0.0207. The summed E-state index contributed by atoms with van der Waals surface area (Å²) in [5.74, 6) is -1.96. The van der Waals surface area contributed by atoms with Crippen LogP contribution < -0.4 is 21.9 Å². The maximum atomic E-state index is 13.7. The summed E-state index contributed by atoms with van der Waals surface area (Å²) < 4.78 is 0.882. The van der Waals surface area contributed by atoms with Crippen LogP contribution in [0.3, 0.4) is 0 Å². The number of nitrogens with one attached hydrogen (secondary N) is 3. The van der Waals surface area contributed by atoms with Crippen LogP contribution in [0.25, 0.3) is 10.9 Å². The molecule has 0 radical (unpaired) electrons. The molecule has 3 aromatic rings. The van der Waals surface area contributed by atoms with Crippen LogP contribution in [0.4, 0.5) is 0 Å². The molecule has 2 amide bonds. The quantitative estimate of drug-likeness (QED) is 0.253. The number of hydrogen-bond donors (Lipinski definition) is 4. The van der Waals surface area contributed by atoms with Gasteiger partial charge in [0.1, 0.15) is 18.1 Å². The lowest BCUT2D eigenvalue weighted by Crippen LogP contribution is -2.54. The average molecular weight is 555 g/mol. The van der Waals surface area contributed by atoms with Crippen LogP contribution in [0.1, 0.15) is 38.3 Å². The zero-order valence-electron chi connectivity index (χ0n) is 22.2. The van der Waals surface area contributed by atoms with Gasteiger partial charge in [0.15, 0.2) is 0 Å². The zero-order chi connectivity index (χ0) is 28.5. The Bertz CT molecular complexity index is 1420. The molecule has 0 aliphatic rings. The highest BCUT2D eigenvalue weighted by molar-refractivity contribution is 7.98. The minimum atomic E-state index is -1.26. The van der Waals surface area contributed by atoms with Gasteiger partial charge in [0.2, 0.25) is 11.8 Å². The molecule has 0 spiro atoms. The molecule has 0 aliphatic heterocycles. The minimum Gasteiger partial charge on any atom is -0.480 e. The molecule has 0 saturated carbocycles. The number of aromatic nitrogens is 2. The van der Waals surface area contributed by atoms with Gasteiger partial charge in [-0.3, -0.25) is 14.4 Å². The van der Waals surface area contributed by atoms with E-state index in [9.17, 15) is 29.1 Å². The van der Waals surface area contributed by atoms with Gasteiger partial charge in [-0.2, -0.15) is 11.8 Å². The fourth-order valence-electron chi connectivity index (χ4n) is 4.34. The van der Waals surface area contributed by atoms with E-state index in [4.69, 9.17) is 0 Å². The van der Waals surface area contributed by atoms with Gasteiger partial charge in [-0.1, -0.05) is 56.3 Å². The van der Waals surface area contributed by atoms with Crippen molar-refractivity contribution in [1.82, 2.24) is 20.2 Å². The van der Waals surface area contributed by atoms with E-state index in [0.29, 0.717) is 16.8 Å². The molecule has 0 saturated heterocycles. The number of amides is 2. The van der Waals surface area contributed by atoms with Gasteiger partial charge in [-0.15, -0.1) is 0 Å². The Labute approximate surface area is 230 Å². The third-order valence-corrected chi connectivity index (χ3v) is 6.93. The lowest BCUT2D eigenvalue weighted by atomic mass is 10.0. The molecule has 0 unspecified atom stereocenters. The van der Waals surface area contributed by atoms with E-state index in [1.807, 2.05) is 26.2 Å². The monoisotopic (exact) mass is 554 g/mol. The number of para-hydroxylation sites is 1. The molecule has 11 heteroatoms. The summed E-state index contributed by atoms with van der Waals surface area (Å²) >= 11 is 1.47. The van der Waals surface area contributed by atoms with Crippen molar-refractivity contribution in [3.8, 4) is 0 Å². The van der Waals surface area contributed by atoms with Crippen molar-refractivity contribution in [2.45, 2.75) is 51.2 Å². The lowest BCUT2D eigenvalue weighted by Gasteiger charge is -2.25. The van der Waals surface area contributed by atoms with E-state index in [1.54, 1.807) is 48.5 Å². The number of aliphatic carboxylic acids is 1. The van der Waals surface area contributed by atoms with Crippen molar-refractivity contribution in [1.29, 1.82) is 0 Å². The molecule has 10 nitrogen and oxygen atoms in total. The van der Waals surface area contributed by atoms with E-state index in [2.05, 4.69) is 15.6 Å². The Balaban J connectivity index is 1.99. The van der Waals surface area contributed by atoms with Crippen LogP contribution in [-0.2, 0) is 20.8 Å². The van der Waals surface area contributed by atoms with Crippen molar-refractivity contribution in [3.05, 3.63) is 81.0 Å². The lowest BCUT2D eigenvalue weighted by molar-refractivity contribution is -0.142. The highest BCUT2D eigenvalue weighted by Crippen LogP contribution is 2.15. The van der Waals surface area contributed by atoms with Crippen LogP contribution >= 0.6 is 11.8 Å². The molecule has 39 heavy (non-hydrogen) atoms. The first-order valence-electron chi connectivity index (χ1n) is 12.7. The van der Waals surface area contributed by atoms with Gasteiger partial charge >= 0.3 is 11.7 Å². The molecule has 3 atom stereocenters. The highest BCUT2D eigenvalue weighted by atomic mass is 32.2. The summed E-state index contributed by atoms with van der Waals surface area (Å²) in [5, 5.41) is 15.1. The largest absolute Gasteiger partial charge is 0.480 e. The first kappa shape index (κ1) is 29.7.